The first-order valence-electron chi connectivity index (χ1n) is 5.43. The third-order valence-corrected chi connectivity index (χ3v) is 2.59. The number of carbonyl (C=O) groups excluding carboxylic acids is 1. The number of benzene rings is 1. The average molecular weight is 213 g/mol. The summed E-state index contributed by atoms with van der Waals surface area (Å²) in [4.78, 5) is 13.4. The van der Waals surface area contributed by atoms with E-state index in [2.05, 4.69) is 17.0 Å². The number of allylic oxidation sites excluding steroid dienone is 2. The van der Waals surface area contributed by atoms with Crippen LogP contribution in [0.1, 0.15) is 12.5 Å². The molecule has 16 heavy (non-hydrogen) atoms. The second kappa shape index (κ2) is 4.79. The highest BCUT2D eigenvalue weighted by Crippen LogP contribution is 2.12. The van der Waals surface area contributed by atoms with Crippen LogP contribution in [0.2, 0.25) is 0 Å². The Bertz CT molecular complexity index is 431. The molecule has 1 aliphatic rings. The Labute approximate surface area is 95.9 Å². The Kier molecular flexibility index (Phi) is 3.20. The lowest BCUT2D eigenvalue weighted by Crippen LogP contribution is -2.21. The van der Waals surface area contributed by atoms with Crippen LogP contribution in [0.5, 0.6) is 0 Å². The fraction of sp³-hybridized carbons (Fsp3) is 0.214. The molecule has 82 valence electrons. The van der Waals surface area contributed by atoms with Gasteiger partial charge in [-0.05, 0) is 12.5 Å². The number of hydrogen-bond donors (Lipinski definition) is 0. The molecular weight excluding hydrogens is 198 g/mol. The number of nitrogens with zero attached hydrogens (tertiary/aromatic N) is 1. The maximum absolute atomic E-state index is 11.3. The smallest absolute Gasteiger partial charge is 0.161 e. The van der Waals surface area contributed by atoms with Crippen molar-refractivity contribution in [2.45, 2.75) is 13.5 Å². The summed E-state index contributed by atoms with van der Waals surface area (Å²) in [7, 11) is 0. The Balaban J connectivity index is 2.07. The van der Waals surface area contributed by atoms with Crippen LogP contribution in [-0.2, 0) is 11.3 Å². The summed E-state index contributed by atoms with van der Waals surface area (Å²) < 4.78 is 0. The van der Waals surface area contributed by atoms with Gasteiger partial charge in [0.2, 0.25) is 0 Å². The third-order valence-electron chi connectivity index (χ3n) is 2.59. The van der Waals surface area contributed by atoms with Gasteiger partial charge in [-0.15, -0.1) is 0 Å². The molecule has 2 heteroatoms. The molecule has 0 radical (unpaired) electrons. The lowest BCUT2D eigenvalue weighted by Gasteiger charge is -2.22. The van der Waals surface area contributed by atoms with Crippen molar-refractivity contribution < 1.29 is 4.79 Å². The summed E-state index contributed by atoms with van der Waals surface area (Å²) >= 11 is 0. The van der Waals surface area contributed by atoms with Gasteiger partial charge in [-0.25, -0.2) is 0 Å². The number of carbonyl (C=O) groups is 1. The summed E-state index contributed by atoms with van der Waals surface area (Å²) in [5.41, 5.74) is 2.04. The molecule has 0 fully saturated rings. The van der Waals surface area contributed by atoms with E-state index < -0.39 is 0 Å². The minimum atomic E-state index is 0.119. The number of Topliss-reactive ketones (excluding diaryl/α,β-unsaturated/α-hetero) is 1. The van der Waals surface area contributed by atoms with Crippen LogP contribution in [0.15, 0.2) is 54.3 Å². The van der Waals surface area contributed by atoms with Crippen LogP contribution in [-0.4, -0.2) is 17.2 Å². The molecule has 1 aromatic rings. The quantitative estimate of drug-likeness (QED) is 0.769. The molecule has 0 unspecified atom stereocenters. The van der Waals surface area contributed by atoms with Crippen LogP contribution < -0.4 is 0 Å². The second-order valence-corrected chi connectivity index (χ2v) is 3.96. The number of hydrogen-bond acceptors (Lipinski definition) is 2. The van der Waals surface area contributed by atoms with Crippen molar-refractivity contribution in [3.05, 3.63) is 59.8 Å². The molecule has 0 spiro atoms. The summed E-state index contributed by atoms with van der Waals surface area (Å²) in [6, 6.07) is 10.3. The SMILES string of the molecule is CC(=O)C1=CN(Cc2ccccc2)CC=C1. The van der Waals surface area contributed by atoms with Gasteiger partial charge in [-0.2, -0.15) is 0 Å². The highest BCUT2D eigenvalue weighted by molar-refractivity contribution is 5.96. The molecule has 0 atom stereocenters. The molecule has 0 aliphatic carbocycles. The van der Waals surface area contributed by atoms with Crippen LogP contribution in [0, 0.1) is 0 Å². The zero-order chi connectivity index (χ0) is 11.4. The summed E-state index contributed by atoms with van der Waals surface area (Å²) in [5, 5.41) is 0. The summed E-state index contributed by atoms with van der Waals surface area (Å²) in [6.45, 7) is 3.32. The highest BCUT2D eigenvalue weighted by Gasteiger charge is 2.08. The van der Waals surface area contributed by atoms with Gasteiger partial charge in [0.15, 0.2) is 5.78 Å². The minimum Gasteiger partial charge on any atom is -0.369 e. The summed E-state index contributed by atoms with van der Waals surface area (Å²) in [5.74, 6) is 0.119. The van der Waals surface area contributed by atoms with Gasteiger partial charge in [-0.3, -0.25) is 4.79 Å². The predicted molar refractivity (Wildman–Crippen MR) is 64.8 cm³/mol. The maximum atomic E-state index is 11.3. The Morgan fingerprint density at radius 3 is 2.75 bits per heavy atom. The van der Waals surface area contributed by atoms with E-state index in [0.29, 0.717) is 0 Å². The first kappa shape index (κ1) is 10.7. The zero-order valence-electron chi connectivity index (χ0n) is 9.39. The van der Waals surface area contributed by atoms with Gasteiger partial charge >= 0.3 is 0 Å². The molecule has 1 aromatic carbocycles. The van der Waals surface area contributed by atoms with Gasteiger partial charge in [-0.1, -0.05) is 42.5 Å². The Morgan fingerprint density at radius 1 is 1.31 bits per heavy atom. The molecule has 0 bridgehead atoms. The van der Waals surface area contributed by atoms with Crippen LogP contribution in [0.3, 0.4) is 0 Å². The fourth-order valence-corrected chi connectivity index (χ4v) is 1.74. The average Bonchev–Trinajstić information content (AvgIpc) is 2.30. The standard InChI is InChI=1S/C14H15NO/c1-12(16)14-8-5-9-15(11-14)10-13-6-3-2-4-7-13/h2-8,11H,9-10H2,1H3. The molecule has 0 N–H and O–H groups in total. The first-order chi connectivity index (χ1) is 7.75. The van der Waals surface area contributed by atoms with Gasteiger partial charge in [0.25, 0.3) is 0 Å². The van der Waals surface area contributed by atoms with E-state index in [9.17, 15) is 4.79 Å². The molecular formula is C14H15NO. The van der Waals surface area contributed by atoms with Crippen molar-refractivity contribution in [1.82, 2.24) is 4.90 Å². The first-order valence-corrected chi connectivity index (χ1v) is 5.43. The lowest BCUT2D eigenvalue weighted by molar-refractivity contribution is -0.113. The van der Waals surface area contributed by atoms with E-state index in [-0.39, 0.29) is 5.78 Å². The zero-order valence-corrected chi connectivity index (χ0v) is 9.39. The van der Waals surface area contributed by atoms with Gasteiger partial charge in [0.1, 0.15) is 0 Å². The van der Waals surface area contributed by atoms with E-state index in [1.807, 2.05) is 36.6 Å². The van der Waals surface area contributed by atoms with Crippen LogP contribution in [0.25, 0.3) is 0 Å². The Hall–Kier alpha value is -1.83. The van der Waals surface area contributed by atoms with E-state index in [1.165, 1.54) is 5.56 Å². The van der Waals surface area contributed by atoms with Crippen molar-refractivity contribution in [1.29, 1.82) is 0 Å². The molecule has 0 saturated carbocycles. The molecule has 2 nitrogen and oxygen atoms in total. The van der Waals surface area contributed by atoms with Gasteiger partial charge in [0, 0.05) is 24.9 Å². The molecule has 2 rings (SSSR count). The van der Waals surface area contributed by atoms with Crippen molar-refractivity contribution in [3.63, 3.8) is 0 Å². The van der Waals surface area contributed by atoms with Crippen molar-refractivity contribution in [2.24, 2.45) is 0 Å². The van der Waals surface area contributed by atoms with E-state index in [0.717, 1.165) is 18.7 Å². The highest BCUT2D eigenvalue weighted by atomic mass is 16.1. The van der Waals surface area contributed by atoms with Crippen molar-refractivity contribution in [2.75, 3.05) is 6.54 Å². The third kappa shape index (κ3) is 2.60. The largest absolute Gasteiger partial charge is 0.369 e. The van der Waals surface area contributed by atoms with Gasteiger partial charge in [0.05, 0.1) is 0 Å². The second-order valence-electron chi connectivity index (χ2n) is 3.96. The maximum Gasteiger partial charge on any atom is 0.161 e. The minimum absolute atomic E-state index is 0.119. The number of rotatable bonds is 3. The van der Waals surface area contributed by atoms with E-state index >= 15 is 0 Å². The fourth-order valence-electron chi connectivity index (χ4n) is 1.74. The lowest BCUT2D eigenvalue weighted by atomic mass is 10.1. The summed E-state index contributed by atoms with van der Waals surface area (Å²) in [6.07, 6.45) is 5.86. The van der Waals surface area contributed by atoms with E-state index in [4.69, 9.17) is 0 Å². The molecule has 1 aliphatic heterocycles. The van der Waals surface area contributed by atoms with E-state index in [1.54, 1.807) is 6.92 Å². The van der Waals surface area contributed by atoms with Gasteiger partial charge < -0.3 is 4.90 Å². The number of ketones is 1. The molecule has 0 saturated heterocycles. The van der Waals surface area contributed by atoms with Crippen molar-refractivity contribution in [3.8, 4) is 0 Å². The Morgan fingerprint density at radius 2 is 2.06 bits per heavy atom. The molecule has 0 amide bonds. The normalized spacial score (nSPS) is 14.8. The monoisotopic (exact) mass is 213 g/mol. The van der Waals surface area contributed by atoms with Crippen LogP contribution in [0.4, 0.5) is 0 Å². The van der Waals surface area contributed by atoms with Crippen molar-refractivity contribution >= 4 is 5.78 Å². The predicted octanol–water partition coefficient (Wildman–Crippen LogP) is 2.53. The topological polar surface area (TPSA) is 20.3 Å². The molecule has 1 heterocycles. The van der Waals surface area contributed by atoms with Crippen LogP contribution >= 0.6 is 0 Å². The molecule has 0 aromatic heterocycles.